The van der Waals surface area contributed by atoms with Crippen molar-refractivity contribution in [2.75, 3.05) is 0 Å². The average Bonchev–Trinajstić information content (AvgIpc) is 1.95. The van der Waals surface area contributed by atoms with E-state index < -0.39 is 0 Å². The Balaban J connectivity index is 3.67. The van der Waals surface area contributed by atoms with Gasteiger partial charge in [-0.05, 0) is 26.7 Å². The van der Waals surface area contributed by atoms with Crippen LogP contribution in [0.25, 0.3) is 0 Å². The van der Waals surface area contributed by atoms with E-state index in [-0.39, 0.29) is 5.41 Å². The topological polar surface area (TPSA) is 17.1 Å². The van der Waals surface area contributed by atoms with Gasteiger partial charge < -0.3 is 0 Å². The summed E-state index contributed by atoms with van der Waals surface area (Å²) >= 11 is 0. The lowest BCUT2D eigenvalue weighted by Gasteiger charge is -2.15. The molecule has 0 atom stereocenters. The fourth-order valence-electron chi connectivity index (χ4n) is 1.03. The van der Waals surface area contributed by atoms with Crippen LogP contribution >= 0.6 is 0 Å². The number of hydrogen-bond acceptors (Lipinski definition) is 1. The first-order valence-electron chi connectivity index (χ1n) is 5.00. The molecule has 0 spiro atoms. The van der Waals surface area contributed by atoms with Crippen molar-refractivity contribution in [3.63, 3.8) is 0 Å². The van der Waals surface area contributed by atoms with E-state index >= 15 is 0 Å². The van der Waals surface area contributed by atoms with Gasteiger partial charge in [0.15, 0.2) is 0 Å². The van der Waals surface area contributed by atoms with E-state index in [0.29, 0.717) is 12.2 Å². The molecule has 0 aromatic rings. The monoisotopic (exact) mass is 182 g/mol. The largest absolute Gasteiger partial charge is 0.299 e. The van der Waals surface area contributed by atoms with Crippen molar-refractivity contribution in [2.45, 2.75) is 53.9 Å². The first kappa shape index (κ1) is 12.4. The molecule has 0 radical (unpaired) electrons. The lowest BCUT2D eigenvalue weighted by atomic mass is 9.88. The van der Waals surface area contributed by atoms with Crippen molar-refractivity contribution < 1.29 is 4.79 Å². The van der Waals surface area contributed by atoms with Crippen LogP contribution in [0.1, 0.15) is 53.9 Å². The smallest absolute Gasteiger partial charge is 0.138 e. The van der Waals surface area contributed by atoms with Crippen LogP contribution in [0.15, 0.2) is 11.6 Å². The third-order valence-corrected chi connectivity index (χ3v) is 2.00. The Labute approximate surface area is 82.2 Å². The molecule has 0 fully saturated rings. The van der Waals surface area contributed by atoms with E-state index in [0.717, 1.165) is 12.8 Å². The Morgan fingerprint density at radius 3 is 2.15 bits per heavy atom. The second-order valence-electron chi connectivity index (χ2n) is 4.85. The van der Waals surface area contributed by atoms with Gasteiger partial charge in [0, 0.05) is 11.8 Å². The highest BCUT2D eigenvalue weighted by atomic mass is 16.1. The summed E-state index contributed by atoms with van der Waals surface area (Å²) in [6.45, 7) is 10.1. The first-order chi connectivity index (χ1) is 5.84. The summed E-state index contributed by atoms with van der Waals surface area (Å²) in [6, 6.07) is 0. The highest BCUT2D eigenvalue weighted by Crippen LogP contribution is 2.18. The summed E-state index contributed by atoms with van der Waals surface area (Å²) in [5.41, 5.74) is 1.17. The van der Waals surface area contributed by atoms with Crippen molar-refractivity contribution in [2.24, 2.45) is 5.41 Å². The molecule has 0 rings (SSSR count). The molecule has 0 bridgehead atoms. The first-order valence-corrected chi connectivity index (χ1v) is 5.00. The van der Waals surface area contributed by atoms with Crippen LogP contribution in [0.5, 0.6) is 0 Å². The third-order valence-electron chi connectivity index (χ3n) is 2.00. The second kappa shape index (κ2) is 5.21. The van der Waals surface area contributed by atoms with E-state index in [1.807, 2.05) is 20.8 Å². The quantitative estimate of drug-likeness (QED) is 0.478. The van der Waals surface area contributed by atoms with Gasteiger partial charge in [-0.3, -0.25) is 4.79 Å². The Hall–Kier alpha value is -0.590. The van der Waals surface area contributed by atoms with E-state index in [2.05, 4.69) is 19.9 Å². The molecule has 0 saturated heterocycles. The van der Waals surface area contributed by atoms with Crippen molar-refractivity contribution in [1.29, 1.82) is 0 Å². The van der Waals surface area contributed by atoms with Crippen LogP contribution in [0.4, 0.5) is 0 Å². The number of Topliss-reactive ketones (excluding diaryl/α,β-unsaturated/α-hetero) is 1. The van der Waals surface area contributed by atoms with Crippen LogP contribution in [-0.2, 0) is 4.79 Å². The van der Waals surface area contributed by atoms with Crippen LogP contribution in [-0.4, -0.2) is 5.78 Å². The Morgan fingerprint density at radius 2 is 1.77 bits per heavy atom. The fraction of sp³-hybridized carbons (Fsp3) is 0.750. The van der Waals surface area contributed by atoms with E-state index in [4.69, 9.17) is 0 Å². The van der Waals surface area contributed by atoms with E-state index in [9.17, 15) is 4.79 Å². The molecule has 0 aliphatic heterocycles. The number of carbonyl (C=O) groups is 1. The van der Waals surface area contributed by atoms with Gasteiger partial charge in [0.2, 0.25) is 0 Å². The SMILES string of the molecule is CC(C)=CCCCC(=O)C(C)(C)C. The highest BCUT2D eigenvalue weighted by molar-refractivity contribution is 5.83. The zero-order valence-electron chi connectivity index (χ0n) is 9.61. The summed E-state index contributed by atoms with van der Waals surface area (Å²) in [5.74, 6) is 0.370. The van der Waals surface area contributed by atoms with Gasteiger partial charge in [-0.15, -0.1) is 0 Å². The molecule has 1 heteroatoms. The van der Waals surface area contributed by atoms with Gasteiger partial charge in [0.05, 0.1) is 0 Å². The zero-order valence-corrected chi connectivity index (χ0v) is 9.61. The number of rotatable bonds is 4. The Bertz CT molecular complexity index is 190. The number of hydrogen-bond donors (Lipinski definition) is 0. The van der Waals surface area contributed by atoms with Crippen molar-refractivity contribution in [1.82, 2.24) is 0 Å². The number of carbonyl (C=O) groups excluding carboxylic acids is 1. The predicted molar refractivity (Wildman–Crippen MR) is 57.7 cm³/mol. The molecule has 76 valence electrons. The zero-order chi connectivity index (χ0) is 10.5. The lowest BCUT2D eigenvalue weighted by molar-refractivity contribution is -0.126. The number of ketones is 1. The molecule has 13 heavy (non-hydrogen) atoms. The van der Waals surface area contributed by atoms with Gasteiger partial charge in [-0.2, -0.15) is 0 Å². The molecule has 0 aliphatic carbocycles. The van der Waals surface area contributed by atoms with Crippen LogP contribution in [0.3, 0.4) is 0 Å². The third kappa shape index (κ3) is 6.56. The molecule has 1 nitrogen and oxygen atoms in total. The highest BCUT2D eigenvalue weighted by Gasteiger charge is 2.19. The summed E-state index contributed by atoms with van der Waals surface area (Å²) in [6.07, 6.45) is 4.93. The minimum atomic E-state index is -0.162. The maximum atomic E-state index is 11.5. The van der Waals surface area contributed by atoms with Crippen LogP contribution < -0.4 is 0 Å². The van der Waals surface area contributed by atoms with E-state index in [1.54, 1.807) is 0 Å². The summed E-state index contributed by atoms with van der Waals surface area (Å²) in [4.78, 5) is 11.5. The standard InChI is InChI=1S/C12H22O/c1-10(2)8-6-7-9-11(13)12(3,4)5/h8H,6-7,9H2,1-5H3. The lowest BCUT2D eigenvalue weighted by Crippen LogP contribution is -2.19. The second-order valence-corrected chi connectivity index (χ2v) is 4.85. The summed E-state index contributed by atoms with van der Waals surface area (Å²) in [7, 11) is 0. The number of allylic oxidation sites excluding steroid dienone is 2. The molecule has 0 unspecified atom stereocenters. The maximum absolute atomic E-state index is 11.5. The van der Waals surface area contributed by atoms with Crippen LogP contribution in [0, 0.1) is 5.41 Å². The van der Waals surface area contributed by atoms with Crippen molar-refractivity contribution >= 4 is 5.78 Å². The molecule has 0 aromatic carbocycles. The minimum absolute atomic E-state index is 0.162. The van der Waals surface area contributed by atoms with Gasteiger partial charge in [0.1, 0.15) is 5.78 Å². The molecule has 0 aromatic heterocycles. The molecule has 0 heterocycles. The van der Waals surface area contributed by atoms with Gasteiger partial charge in [-0.1, -0.05) is 32.4 Å². The van der Waals surface area contributed by atoms with Crippen molar-refractivity contribution in [3.05, 3.63) is 11.6 Å². The predicted octanol–water partition coefficient (Wildman–Crippen LogP) is 3.74. The number of unbranched alkanes of at least 4 members (excludes halogenated alkanes) is 1. The molecular formula is C12H22O. The minimum Gasteiger partial charge on any atom is -0.299 e. The molecular weight excluding hydrogens is 160 g/mol. The maximum Gasteiger partial charge on any atom is 0.138 e. The molecule has 0 N–H and O–H groups in total. The van der Waals surface area contributed by atoms with Gasteiger partial charge in [0.25, 0.3) is 0 Å². The fourth-order valence-corrected chi connectivity index (χ4v) is 1.03. The van der Waals surface area contributed by atoms with Crippen LogP contribution in [0.2, 0.25) is 0 Å². The molecule has 0 saturated carbocycles. The summed E-state index contributed by atoms with van der Waals surface area (Å²) in [5, 5.41) is 0. The van der Waals surface area contributed by atoms with Crippen molar-refractivity contribution in [3.8, 4) is 0 Å². The molecule has 0 amide bonds. The van der Waals surface area contributed by atoms with E-state index in [1.165, 1.54) is 5.57 Å². The van der Waals surface area contributed by atoms with Gasteiger partial charge >= 0.3 is 0 Å². The normalized spacial score (nSPS) is 11.2. The Kier molecular flexibility index (Phi) is 4.97. The van der Waals surface area contributed by atoms with Gasteiger partial charge in [-0.25, -0.2) is 0 Å². The Morgan fingerprint density at radius 1 is 1.23 bits per heavy atom. The average molecular weight is 182 g/mol. The molecule has 0 aliphatic rings. The summed E-state index contributed by atoms with van der Waals surface area (Å²) < 4.78 is 0.